The van der Waals surface area contributed by atoms with E-state index in [1.54, 1.807) is 6.92 Å². The van der Waals surface area contributed by atoms with E-state index in [4.69, 9.17) is 15.7 Å². The summed E-state index contributed by atoms with van der Waals surface area (Å²) in [5, 5.41) is 14.9. The SMILES string of the molecule is CCn1nc(C)c(N)c1C(=O)OCC(=O)NCCC#N. The lowest BCUT2D eigenvalue weighted by Crippen LogP contribution is -2.30. The Balaban J connectivity index is 2.60. The van der Waals surface area contributed by atoms with Gasteiger partial charge in [0.1, 0.15) is 0 Å². The van der Waals surface area contributed by atoms with Crippen LogP contribution in [0.15, 0.2) is 0 Å². The van der Waals surface area contributed by atoms with Crippen LogP contribution in [0, 0.1) is 18.3 Å². The Kier molecular flexibility index (Phi) is 5.53. The largest absolute Gasteiger partial charge is 0.451 e. The molecule has 108 valence electrons. The Morgan fingerprint density at radius 2 is 2.25 bits per heavy atom. The van der Waals surface area contributed by atoms with Gasteiger partial charge in [0.15, 0.2) is 12.3 Å². The van der Waals surface area contributed by atoms with Crippen molar-refractivity contribution in [2.75, 3.05) is 18.9 Å². The van der Waals surface area contributed by atoms with Crippen LogP contribution < -0.4 is 11.1 Å². The number of esters is 1. The van der Waals surface area contributed by atoms with Crippen LogP contribution in [0.3, 0.4) is 0 Å². The Hall–Kier alpha value is -2.56. The molecular formula is C12H17N5O3. The number of aromatic nitrogens is 2. The maximum Gasteiger partial charge on any atom is 0.359 e. The van der Waals surface area contributed by atoms with Gasteiger partial charge in [-0.15, -0.1) is 0 Å². The van der Waals surface area contributed by atoms with Crippen LogP contribution in [-0.2, 0) is 16.1 Å². The number of nitrogens with two attached hydrogens (primary N) is 1. The third-order valence-electron chi connectivity index (χ3n) is 2.56. The molecule has 0 saturated carbocycles. The summed E-state index contributed by atoms with van der Waals surface area (Å²) in [6, 6.07) is 1.89. The third kappa shape index (κ3) is 3.71. The summed E-state index contributed by atoms with van der Waals surface area (Å²) in [4.78, 5) is 23.2. The van der Waals surface area contributed by atoms with Crippen molar-refractivity contribution in [3.05, 3.63) is 11.4 Å². The van der Waals surface area contributed by atoms with Gasteiger partial charge in [-0.3, -0.25) is 9.48 Å². The lowest BCUT2D eigenvalue weighted by Gasteiger charge is -2.07. The van der Waals surface area contributed by atoms with Gasteiger partial charge in [-0.2, -0.15) is 10.4 Å². The predicted molar refractivity (Wildman–Crippen MR) is 70.6 cm³/mol. The highest BCUT2D eigenvalue weighted by Gasteiger charge is 2.21. The Morgan fingerprint density at radius 1 is 1.55 bits per heavy atom. The molecule has 0 aliphatic heterocycles. The molecule has 0 aliphatic carbocycles. The summed E-state index contributed by atoms with van der Waals surface area (Å²) in [6.07, 6.45) is 0.203. The molecule has 0 unspecified atom stereocenters. The van der Waals surface area contributed by atoms with Gasteiger partial charge < -0.3 is 15.8 Å². The van der Waals surface area contributed by atoms with Gasteiger partial charge in [-0.1, -0.05) is 0 Å². The molecule has 0 saturated heterocycles. The molecule has 1 aromatic heterocycles. The summed E-state index contributed by atoms with van der Waals surface area (Å²) in [5.41, 5.74) is 6.70. The molecule has 0 atom stereocenters. The number of hydrogen-bond acceptors (Lipinski definition) is 6. The van der Waals surface area contributed by atoms with Gasteiger partial charge in [0, 0.05) is 13.1 Å². The third-order valence-corrected chi connectivity index (χ3v) is 2.56. The van der Waals surface area contributed by atoms with Crippen LogP contribution in [0.2, 0.25) is 0 Å². The Bertz CT molecular complexity index is 544. The van der Waals surface area contributed by atoms with E-state index in [1.165, 1.54) is 4.68 Å². The fraction of sp³-hybridized carbons (Fsp3) is 0.500. The van der Waals surface area contributed by atoms with Gasteiger partial charge in [0.25, 0.3) is 5.91 Å². The quantitative estimate of drug-likeness (QED) is 0.557. The number of nitrogens with one attached hydrogen (secondary N) is 1. The average Bonchev–Trinajstić information content (AvgIpc) is 2.72. The molecule has 1 heterocycles. The Labute approximate surface area is 116 Å². The van der Waals surface area contributed by atoms with Crippen LogP contribution in [0.25, 0.3) is 0 Å². The monoisotopic (exact) mass is 279 g/mol. The molecule has 0 spiro atoms. The molecule has 1 aromatic rings. The van der Waals surface area contributed by atoms with E-state index in [-0.39, 0.29) is 24.3 Å². The van der Waals surface area contributed by atoms with Gasteiger partial charge in [-0.05, 0) is 13.8 Å². The van der Waals surface area contributed by atoms with Crippen molar-refractivity contribution in [1.82, 2.24) is 15.1 Å². The first-order chi connectivity index (χ1) is 9.51. The second kappa shape index (κ2) is 7.13. The number of rotatable bonds is 6. The lowest BCUT2D eigenvalue weighted by molar-refractivity contribution is -0.124. The molecule has 20 heavy (non-hydrogen) atoms. The van der Waals surface area contributed by atoms with Crippen LogP contribution >= 0.6 is 0 Å². The number of hydrogen-bond donors (Lipinski definition) is 2. The number of carbonyl (C=O) groups excluding carboxylic acids is 2. The highest BCUT2D eigenvalue weighted by Crippen LogP contribution is 2.17. The molecule has 1 rings (SSSR count). The zero-order valence-corrected chi connectivity index (χ0v) is 11.5. The van der Waals surface area contributed by atoms with Gasteiger partial charge in [0.05, 0.1) is 23.9 Å². The highest BCUT2D eigenvalue weighted by atomic mass is 16.5. The van der Waals surface area contributed by atoms with Crippen molar-refractivity contribution in [3.63, 3.8) is 0 Å². The number of ether oxygens (including phenoxy) is 1. The minimum atomic E-state index is -0.694. The minimum Gasteiger partial charge on any atom is -0.451 e. The average molecular weight is 279 g/mol. The topological polar surface area (TPSA) is 123 Å². The number of carbonyl (C=O) groups is 2. The van der Waals surface area contributed by atoms with Crippen molar-refractivity contribution < 1.29 is 14.3 Å². The van der Waals surface area contributed by atoms with Crippen molar-refractivity contribution >= 4 is 17.6 Å². The molecule has 0 aliphatic rings. The van der Waals surface area contributed by atoms with Gasteiger partial charge in [-0.25, -0.2) is 4.79 Å². The summed E-state index contributed by atoms with van der Waals surface area (Å²) < 4.78 is 6.31. The van der Waals surface area contributed by atoms with E-state index in [1.807, 2.05) is 13.0 Å². The minimum absolute atomic E-state index is 0.148. The van der Waals surface area contributed by atoms with Crippen molar-refractivity contribution in [2.45, 2.75) is 26.8 Å². The van der Waals surface area contributed by atoms with E-state index in [0.29, 0.717) is 12.2 Å². The molecule has 0 aromatic carbocycles. The van der Waals surface area contributed by atoms with E-state index in [2.05, 4.69) is 10.4 Å². The molecule has 1 amide bonds. The first-order valence-corrected chi connectivity index (χ1v) is 6.14. The van der Waals surface area contributed by atoms with E-state index < -0.39 is 18.5 Å². The lowest BCUT2D eigenvalue weighted by atomic mass is 10.3. The molecule has 8 nitrogen and oxygen atoms in total. The number of aryl methyl sites for hydroxylation is 2. The van der Waals surface area contributed by atoms with E-state index in [0.717, 1.165) is 0 Å². The predicted octanol–water partition coefficient (Wildman–Crippen LogP) is -0.0197. The first-order valence-electron chi connectivity index (χ1n) is 6.14. The van der Waals surface area contributed by atoms with Crippen molar-refractivity contribution in [1.29, 1.82) is 5.26 Å². The maximum absolute atomic E-state index is 11.9. The summed E-state index contributed by atoms with van der Waals surface area (Å²) in [6.45, 7) is 3.78. The highest BCUT2D eigenvalue weighted by molar-refractivity contribution is 5.95. The normalized spacial score (nSPS) is 9.85. The second-order valence-electron chi connectivity index (χ2n) is 4.00. The number of nitrogen functional groups attached to an aromatic ring is 1. The van der Waals surface area contributed by atoms with E-state index in [9.17, 15) is 9.59 Å². The van der Waals surface area contributed by atoms with Crippen molar-refractivity contribution in [3.8, 4) is 6.07 Å². The van der Waals surface area contributed by atoms with Crippen LogP contribution in [0.5, 0.6) is 0 Å². The second-order valence-corrected chi connectivity index (χ2v) is 4.00. The fourth-order valence-corrected chi connectivity index (χ4v) is 1.55. The van der Waals surface area contributed by atoms with Gasteiger partial charge in [0.2, 0.25) is 0 Å². The molecule has 0 fully saturated rings. The Morgan fingerprint density at radius 3 is 2.85 bits per heavy atom. The molecule has 8 heteroatoms. The number of nitriles is 1. The van der Waals surface area contributed by atoms with Crippen LogP contribution in [-0.4, -0.2) is 34.8 Å². The van der Waals surface area contributed by atoms with Crippen molar-refractivity contribution in [2.24, 2.45) is 0 Å². The summed E-state index contributed by atoms with van der Waals surface area (Å²) in [7, 11) is 0. The number of amides is 1. The van der Waals surface area contributed by atoms with Gasteiger partial charge >= 0.3 is 5.97 Å². The zero-order chi connectivity index (χ0) is 15.1. The summed E-state index contributed by atoms with van der Waals surface area (Å²) in [5.74, 6) is -1.16. The summed E-state index contributed by atoms with van der Waals surface area (Å²) >= 11 is 0. The molecule has 3 N–H and O–H groups in total. The van der Waals surface area contributed by atoms with Crippen LogP contribution in [0.1, 0.15) is 29.5 Å². The van der Waals surface area contributed by atoms with Crippen LogP contribution in [0.4, 0.5) is 5.69 Å². The fourth-order valence-electron chi connectivity index (χ4n) is 1.55. The first kappa shape index (κ1) is 15.5. The van der Waals surface area contributed by atoms with E-state index >= 15 is 0 Å². The molecule has 0 radical (unpaired) electrons. The zero-order valence-electron chi connectivity index (χ0n) is 11.5. The molecular weight excluding hydrogens is 262 g/mol. The number of nitrogens with zero attached hydrogens (tertiary/aromatic N) is 3. The smallest absolute Gasteiger partial charge is 0.359 e. The standard InChI is InChI=1S/C12H17N5O3/c1-3-17-11(10(14)8(2)16-17)12(19)20-7-9(18)15-6-4-5-13/h3-4,6-7,14H2,1-2H3,(H,15,18). The molecule has 0 bridgehead atoms. The maximum atomic E-state index is 11.9. The number of anilines is 1.